The van der Waals surface area contributed by atoms with Crippen LogP contribution in [0.25, 0.3) is 6.08 Å². The lowest BCUT2D eigenvalue weighted by Gasteiger charge is -2.26. The zero-order valence-electron chi connectivity index (χ0n) is 13.4. The molecule has 0 bridgehead atoms. The van der Waals surface area contributed by atoms with Crippen molar-refractivity contribution in [3.05, 3.63) is 56.4 Å². The highest BCUT2D eigenvalue weighted by Crippen LogP contribution is 2.41. The summed E-state index contributed by atoms with van der Waals surface area (Å²) in [5.74, 6) is 0.750. The van der Waals surface area contributed by atoms with Crippen LogP contribution < -0.4 is 10.6 Å². The van der Waals surface area contributed by atoms with E-state index in [1.54, 1.807) is 11.3 Å². The van der Waals surface area contributed by atoms with Gasteiger partial charge in [0, 0.05) is 9.36 Å². The minimum absolute atomic E-state index is 0.0409. The summed E-state index contributed by atoms with van der Waals surface area (Å²) in [4.78, 5) is 14.1. The summed E-state index contributed by atoms with van der Waals surface area (Å²) < 4.78 is 0.924. The van der Waals surface area contributed by atoms with Crippen LogP contribution in [-0.4, -0.2) is 12.1 Å². The Morgan fingerprint density at radius 1 is 1.29 bits per heavy atom. The maximum Gasteiger partial charge on any atom is 0.256 e. The smallest absolute Gasteiger partial charge is 0.256 e. The SMILES string of the molecule is C[C@@H]1CCc2c(sc3c2C(=O)N[C@@H](/C(Br)=C/c2ccccc2)N3)C1. The fraction of sp³-hybridized carbons (Fsp3) is 0.316. The van der Waals surface area contributed by atoms with Crippen LogP contribution in [0.4, 0.5) is 5.00 Å². The zero-order valence-corrected chi connectivity index (χ0v) is 15.8. The summed E-state index contributed by atoms with van der Waals surface area (Å²) in [6.07, 6.45) is 5.10. The lowest BCUT2D eigenvalue weighted by molar-refractivity contribution is 0.0942. The zero-order chi connectivity index (χ0) is 16.7. The quantitative estimate of drug-likeness (QED) is 0.757. The molecular weight excluding hydrogens is 384 g/mol. The summed E-state index contributed by atoms with van der Waals surface area (Å²) >= 11 is 5.38. The van der Waals surface area contributed by atoms with Crippen molar-refractivity contribution in [1.29, 1.82) is 0 Å². The number of thiophene rings is 1. The molecule has 24 heavy (non-hydrogen) atoms. The maximum atomic E-state index is 12.7. The van der Waals surface area contributed by atoms with E-state index in [-0.39, 0.29) is 12.1 Å². The first-order valence-electron chi connectivity index (χ1n) is 8.26. The average molecular weight is 403 g/mol. The third kappa shape index (κ3) is 2.91. The van der Waals surface area contributed by atoms with Gasteiger partial charge in [0.25, 0.3) is 5.91 Å². The van der Waals surface area contributed by atoms with E-state index < -0.39 is 0 Å². The largest absolute Gasteiger partial charge is 0.352 e. The molecule has 5 heteroatoms. The molecular formula is C19H19BrN2OS. The van der Waals surface area contributed by atoms with Crippen LogP contribution in [-0.2, 0) is 12.8 Å². The topological polar surface area (TPSA) is 41.1 Å². The van der Waals surface area contributed by atoms with E-state index in [0.717, 1.165) is 33.5 Å². The molecule has 0 fully saturated rings. The summed E-state index contributed by atoms with van der Waals surface area (Å²) in [5, 5.41) is 7.59. The molecule has 0 spiro atoms. The van der Waals surface area contributed by atoms with Gasteiger partial charge < -0.3 is 10.6 Å². The molecule has 2 aromatic rings. The van der Waals surface area contributed by atoms with Crippen LogP contribution in [0.2, 0.25) is 0 Å². The van der Waals surface area contributed by atoms with Gasteiger partial charge in [-0.1, -0.05) is 53.2 Å². The minimum Gasteiger partial charge on any atom is -0.352 e. The molecule has 0 unspecified atom stereocenters. The number of carbonyl (C=O) groups excluding carboxylic acids is 1. The van der Waals surface area contributed by atoms with Crippen LogP contribution in [0.3, 0.4) is 0 Å². The molecule has 1 aliphatic heterocycles. The third-order valence-electron chi connectivity index (χ3n) is 4.67. The third-order valence-corrected chi connectivity index (χ3v) is 6.54. The molecule has 0 radical (unpaired) electrons. The predicted octanol–water partition coefficient (Wildman–Crippen LogP) is 4.79. The highest BCUT2D eigenvalue weighted by Gasteiger charge is 2.33. The molecule has 2 atom stereocenters. The number of nitrogens with one attached hydrogen (secondary N) is 2. The van der Waals surface area contributed by atoms with Crippen molar-refractivity contribution in [2.75, 3.05) is 5.32 Å². The summed E-state index contributed by atoms with van der Waals surface area (Å²) in [5.41, 5.74) is 3.24. The summed E-state index contributed by atoms with van der Waals surface area (Å²) in [6, 6.07) is 10.1. The second-order valence-electron chi connectivity index (χ2n) is 6.55. The Hall–Kier alpha value is -1.59. The number of halogens is 1. The molecule has 1 aromatic heterocycles. The Balaban J connectivity index is 1.63. The Morgan fingerprint density at radius 2 is 2.08 bits per heavy atom. The van der Waals surface area contributed by atoms with Gasteiger partial charge in [0.2, 0.25) is 0 Å². The Labute approximate surface area is 154 Å². The van der Waals surface area contributed by atoms with Gasteiger partial charge in [-0.25, -0.2) is 0 Å². The number of amides is 1. The maximum absolute atomic E-state index is 12.7. The van der Waals surface area contributed by atoms with Crippen LogP contribution in [0.5, 0.6) is 0 Å². The first kappa shape index (κ1) is 15.9. The van der Waals surface area contributed by atoms with E-state index in [4.69, 9.17) is 0 Å². The highest BCUT2D eigenvalue weighted by atomic mass is 79.9. The van der Waals surface area contributed by atoms with E-state index in [1.807, 2.05) is 36.4 Å². The Kier molecular flexibility index (Phi) is 4.22. The van der Waals surface area contributed by atoms with Gasteiger partial charge in [-0.2, -0.15) is 0 Å². The van der Waals surface area contributed by atoms with Crippen molar-refractivity contribution >= 4 is 44.3 Å². The predicted molar refractivity (Wildman–Crippen MR) is 104 cm³/mol. The second kappa shape index (κ2) is 6.37. The molecule has 0 saturated heterocycles. The molecule has 3 nitrogen and oxygen atoms in total. The number of hydrogen-bond acceptors (Lipinski definition) is 3. The molecule has 0 saturated carbocycles. The average Bonchev–Trinajstić information content (AvgIpc) is 2.93. The van der Waals surface area contributed by atoms with Gasteiger partial charge in [0.05, 0.1) is 5.56 Å². The van der Waals surface area contributed by atoms with Gasteiger partial charge in [0.15, 0.2) is 0 Å². The lowest BCUT2D eigenvalue weighted by atomic mass is 9.88. The fourth-order valence-corrected chi connectivity index (χ4v) is 5.32. The molecule has 1 aliphatic carbocycles. The lowest BCUT2D eigenvalue weighted by Crippen LogP contribution is -2.45. The normalized spacial score (nSPS) is 23.1. The fourth-order valence-electron chi connectivity index (χ4n) is 3.39. The van der Waals surface area contributed by atoms with Crippen molar-refractivity contribution < 1.29 is 4.79 Å². The van der Waals surface area contributed by atoms with E-state index in [2.05, 4.69) is 33.5 Å². The van der Waals surface area contributed by atoms with Crippen LogP contribution in [0.15, 0.2) is 34.8 Å². The van der Waals surface area contributed by atoms with Gasteiger partial charge in [-0.3, -0.25) is 4.79 Å². The first-order valence-corrected chi connectivity index (χ1v) is 9.87. The van der Waals surface area contributed by atoms with Gasteiger partial charge >= 0.3 is 0 Å². The minimum atomic E-state index is -0.220. The molecule has 2 heterocycles. The van der Waals surface area contributed by atoms with Crippen molar-refractivity contribution in [2.24, 2.45) is 5.92 Å². The molecule has 4 rings (SSSR count). The highest BCUT2D eigenvalue weighted by molar-refractivity contribution is 9.11. The number of carbonyl (C=O) groups is 1. The van der Waals surface area contributed by atoms with E-state index in [1.165, 1.54) is 16.9 Å². The van der Waals surface area contributed by atoms with E-state index >= 15 is 0 Å². The summed E-state index contributed by atoms with van der Waals surface area (Å²) in [7, 11) is 0. The van der Waals surface area contributed by atoms with Crippen molar-refractivity contribution in [2.45, 2.75) is 32.4 Å². The molecule has 1 aromatic carbocycles. The number of hydrogen-bond donors (Lipinski definition) is 2. The van der Waals surface area contributed by atoms with Crippen molar-refractivity contribution in [3.8, 4) is 0 Å². The van der Waals surface area contributed by atoms with E-state index in [0.29, 0.717) is 5.92 Å². The number of anilines is 1. The molecule has 2 N–H and O–H groups in total. The van der Waals surface area contributed by atoms with Crippen LogP contribution in [0, 0.1) is 5.92 Å². The van der Waals surface area contributed by atoms with Gasteiger partial charge in [-0.15, -0.1) is 11.3 Å². The Bertz CT molecular complexity index is 812. The Morgan fingerprint density at radius 3 is 2.88 bits per heavy atom. The van der Waals surface area contributed by atoms with Gasteiger partial charge in [0.1, 0.15) is 11.2 Å². The standard InChI is InChI=1S/C19H19BrN2OS/c1-11-7-8-13-15(9-11)24-19-16(13)18(23)21-17(22-19)14(20)10-12-5-3-2-4-6-12/h2-6,10-11,17,22H,7-9H2,1H3,(H,21,23)/b14-10-/t11-,17-/m1/s1. The molecule has 1 amide bonds. The molecule has 2 aliphatic rings. The van der Waals surface area contributed by atoms with Crippen molar-refractivity contribution in [1.82, 2.24) is 5.32 Å². The van der Waals surface area contributed by atoms with Crippen LogP contribution in [0.1, 0.15) is 39.7 Å². The summed E-state index contributed by atoms with van der Waals surface area (Å²) in [6.45, 7) is 2.29. The number of rotatable bonds is 2. The monoisotopic (exact) mass is 402 g/mol. The van der Waals surface area contributed by atoms with Crippen molar-refractivity contribution in [3.63, 3.8) is 0 Å². The second-order valence-corrected chi connectivity index (χ2v) is 8.57. The van der Waals surface area contributed by atoms with Crippen LogP contribution >= 0.6 is 27.3 Å². The molecule has 124 valence electrons. The van der Waals surface area contributed by atoms with Gasteiger partial charge in [-0.05, 0) is 42.4 Å². The number of fused-ring (bicyclic) bond motifs is 3. The van der Waals surface area contributed by atoms with E-state index in [9.17, 15) is 4.79 Å². The first-order chi connectivity index (χ1) is 11.6. The number of benzene rings is 1.